The van der Waals surface area contributed by atoms with E-state index in [2.05, 4.69) is 38.9 Å². The van der Waals surface area contributed by atoms with Crippen molar-refractivity contribution in [2.24, 2.45) is 0 Å². The lowest BCUT2D eigenvalue weighted by atomic mass is 10.0. The molecule has 2 aliphatic heterocycles. The van der Waals surface area contributed by atoms with Crippen molar-refractivity contribution in [1.29, 1.82) is 0 Å². The Labute approximate surface area is 174 Å². The molecule has 0 saturated carbocycles. The monoisotopic (exact) mass is 398 g/mol. The summed E-state index contributed by atoms with van der Waals surface area (Å²) < 4.78 is 11.6. The van der Waals surface area contributed by atoms with Gasteiger partial charge in [0.1, 0.15) is 0 Å². The van der Waals surface area contributed by atoms with Crippen LogP contribution in [0.1, 0.15) is 26.7 Å². The highest BCUT2D eigenvalue weighted by molar-refractivity contribution is 5.94. The lowest BCUT2D eigenvalue weighted by Crippen LogP contribution is -2.54. The van der Waals surface area contributed by atoms with Crippen molar-refractivity contribution in [2.75, 3.05) is 64.4 Å². The van der Waals surface area contributed by atoms with Gasteiger partial charge < -0.3 is 19.3 Å². The largest absolute Gasteiger partial charge is 0.490 e. The van der Waals surface area contributed by atoms with Crippen molar-refractivity contribution < 1.29 is 9.47 Å². The van der Waals surface area contributed by atoms with Crippen LogP contribution >= 0.6 is 0 Å². The second kappa shape index (κ2) is 9.18. The summed E-state index contributed by atoms with van der Waals surface area (Å²) in [5.74, 6) is 1.58. The molecule has 158 valence electrons. The van der Waals surface area contributed by atoms with E-state index < -0.39 is 0 Å². The van der Waals surface area contributed by atoms with E-state index in [0.29, 0.717) is 19.3 Å². The molecular formula is C23H34N4O2. The molecule has 0 spiro atoms. The molecule has 1 unspecified atom stereocenters. The highest BCUT2D eigenvalue weighted by Crippen LogP contribution is 2.36. The van der Waals surface area contributed by atoms with Crippen LogP contribution in [0.4, 0.5) is 5.69 Å². The fourth-order valence-corrected chi connectivity index (χ4v) is 4.72. The number of nitrogens with zero attached hydrogens (tertiary/aromatic N) is 4. The Morgan fingerprint density at radius 2 is 1.72 bits per heavy atom. The molecule has 0 radical (unpaired) electrons. The number of aromatic nitrogens is 1. The maximum absolute atomic E-state index is 5.86. The third-order valence-electron chi connectivity index (χ3n) is 6.15. The van der Waals surface area contributed by atoms with Gasteiger partial charge in [0.05, 0.1) is 18.7 Å². The van der Waals surface area contributed by atoms with Gasteiger partial charge in [-0.15, -0.1) is 0 Å². The number of likely N-dealkylation sites (tertiary alicyclic amines) is 1. The van der Waals surface area contributed by atoms with Gasteiger partial charge in [0.2, 0.25) is 0 Å². The molecule has 6 heteroatoms. The van der Waals surface area contributed by atoms with Gasteiger partial charge in [-0.1, -0.05) is 0 Å². The average molecular weight is 399 g/mol. The molecule has 0 aliphatic carbocycles. The number of hydrogen-bond donors (Lipinski definition) is 0. The summed E-state index contributed by atoms with van der Waals surface area (Å²) >= 11 is 0. The summed E-state index contributed by atoms with van der Waals surface area (Å²) in [4.78, 5) is 12.3. The Hall–Kier alpha value is -2.05. The number of anilines is 1. The standard InChI is InChI=1S/C23H34N4O2/c1-4-28-22-15-19-20(16-23(22)29-5-2)24-9-8-21(19)27-13-11-26(12-14-27)18-7-6-10-25(3)17-18/h8-9,15-16,18H,4-7,10-14,17H2,1-3H3. The zero-order valence-corrected chi connectivity index (χ0v) is 18.1. The predicted octanol–water partition coefficient (Wildman–Crippen LogP) is 3.25. The Kier molecular flexibility index (Phi) is 6.40. The molecule has 2 saturated heterocycles. The molecule has 0 bridgehead atoms. The summed E-state index contributed by atoms with van der Waals surface area (Å²) in [5.41, 5.74) is 2.21. The minimum absolute atomic E-state index is 0.615. The molecule has 1 aromatic heterocycles. The molecule has 4 rings (SSSR count). The van der Waals surface area contributed by atoms with Crippen LogP contribution in [-0.2, 0) is 0 Å². The third kappa shape index (κ3) is 4.43. The van der Waals surface area contributed by atoms with Crippen LogP contribution in [0.2, 0.25) is 0 Å². The Morgan fingerprint density at radius 3 is 2.41 bits per heavy atom. The molecular weight excluding hydrogens is 364 g/mol. The Morgan fingerprint density at radius 1 is 1.00 bits per heavy atom. The van der Waals surface area contributed by atoms with E-state index in [4.69, 9.17) is 9.47 Å². The Balaban J connectivity index is 1.54. The zero-order chi connectivity index (χ0) is 20.2. The average Bonchev–Trinajstić information content (AvgIpc) is 2.74. The predicted molar refractivity (Wildman–Crippen MR) is 118 cm³/mol. The summed E-state index contributed by atoms with van der Waals surface area (Å²) in [5, 5.41) is 1.14. The number of likely N-dealkylation sites (N-methyl/N-ethyl adjacent to an activating group) is 1. The van der Waals surface area contributed by atoms with Crippen molar-refractivity contribution in [3.05, 3.63) is 24.4 Å². The lowest BCUT2D eigenvalue weighted by molar-refractivity contribution is 0.107. The maximum Gasteiger partial charge on any atom is 0.163 e. The summed E-state index contributed by atoms with van der Waals surface area (Å²) in [6.45, 7) is 12.0. The van der Waals surface area contributed by atoms with Crippen LogP contribution in [0, 0.1) is 0 Å². The highest BCUT2D eigenvalue weighted by atomic mass is 16.5. The molecule has 0 amide bonds. The van der Waals surface area contributed by atoms with Crippen LogP contribution in [0.25, 0.3) is 10.9 Å². The van der Waals surface area contributed by atoms with Crippen molar-refractivity contribution in [2.45, 2.75) is 32.7 Å². The molecule has 0 N–H and O–H groups in total. The van der Waals surface area contributed by atoms with Gasteiger partial charge in [0.25, 0.3) is 0 Å². The van der Waals surface area contributed by atoms with E-state index in [1.807, 2.05) is 26.1 Å². The van der Waals surface area contributed by atoms with Crippen LogP contribution < -0.4 is 14.4 Å². The molecule has 6 nitrogen and oxygen atoms in total. The van der Waals surface area contributed by atoms with E-state index >= 15 is 0 Å². The fraction of sp³-hybridized carbons (Fsp3) is 0.609. The SMILES string of the molecule is CCOc1cc2nccc(N3CCN(C4CCCN(C)C4)CC3)c2cc1OCC. The number of hydrogen-bond acceptors (Lipinski definition) is 6. The smallest absolute Gasteiger partial charge is 0.163 e. The molecule has 1 aromatic carbocycles. The van der Waals surface area contributed by atoms with Gasteiger partial charge in [-0.25, -0.2) is 0 Å². The lowest BCUT2D eigenvalue weighted by Gasteiger charge is -2.43. The van der Waals surface area contributed by atoms with Crippen molar-refractivity contribution >= 4 is 16.6 Å². The van der Waals surface area contributed by atoms with Gasteiger partial charge in [-0.05, 0) is 52.4 Å². The third-order valence-corrected chi connectivity index (χ3v) is 6.15. The minimum Gasteiger partial charge on any atom is -0.490 e. The first-order chi connectivity index (χ1) is 14.2. The van der Waals surface area contributed by atoms with Crippen LogP contribution in [0.15, 0.2) is 24.4 Å². The normalized spacial score (nSPS) is 21.5. The van der Waals surface area contributed by atoms with E-state index in [1.165, 1.54) is 31.6 Å². The first kappa shape index (κ1) is 20.2. The van der Waals surface area contributed by atoms with Gasteiger partial charge in [0, 0.05) is 62.1 Å². The van der Waals surface area contributed by atoms with Gasteiger partial charge in [0.15, 0.2) is 11.5 Å². The van der Waals surface area contributed by atoms with Gasteiger partial charge in [-0.3, -0.25) is 9.88 Å². The summed E-state index contributed by atoms with van der Waals surface area (Å²) in [6, 6.07) is 6.97. The maximum atomic E-state index is 5.86. The summed E-state index contributed by atoms with van der Waals surface area (Å²) in [6.07, 6.45) is 4.56. The van der Waals surface area contributed by atoms with Crippen molar-refractivity contribution in [3.8, 4) is 11.5 Å². The number of rotatable bonds is 6. The van der Waals surface area contributed by atoms with Gasteiger partial charge in [-0.2, -0.15) is 0 Å². The second-order valence-electron chi connectivity index (χ2n) is 8.09. The molecule has 29 heavy (non-hydrogen) atoms. The van der Waals surface area contributed by atoms with Crippen molar-refractivity contribution in [3.63, 3.8) is 0 Å². The molecule has 1 atom stereocenters. The van der Waals surface area contributed by atoms with Crippen LogP contribution in [0.5, 0.6) is 11.5 Å². The minimum atomic E-state index is 0.615. The highest BCUT2D eigenvalue weighted by Gasteiger charge is 2.27. The summed E-state index contributed by atoms with van der Waals surface area (Å²) in [7, 11) is 2.25. The second-order valence-corrected chi connectivity index (χ2v) is 8.09. The van der Waals surface area contributed by atoms with Crippen LogP contribution in [-0.4, -0.2) is 80.4 Å². The molecule has 2 aromatic rings. The fourth-order valence-electron chi connectivity index (χ4n) is 4.72. The van der Waals surface area contributed by atoms with E-state index in [1.54, 1.807) is 0 Å². The first-order valence-electron chi connectivity index (χ1n) is 11.1. The first-order valence-corrected chi connectivity index (χ1v) is 11.1. The molecule has 2 aliphatic rings. The van der Waals surface area contributed by atoms with E-state index in [0.717, 1.165) is 48.6 Å². The number of benzene rings is 1. The Bertz CT molecular complexity index is 820. The molecule has 3 heterocycles. The quantitative estimate of drug-likeness (QED) is 0.744. The van der Waals surface area contributed by atoms with Crippen molar-refractivity contribution in [1.82, 2.24) is 14.8 Å². The number of fused-ring (bicyclic) bond motifs is 1. The zero-order valence-electron chi connectivity index (χ0n) is 18.1. The van der Waals surface area contributed by atoms with E-state index in [9.17, 15) is 0 Å². The van der Waals surface area contributed by atoms with Crippen LogP contribution in [0.3, 0.4) is 0 Å². The number of piperidine rings is 1. The number of ether oxygens (including phenoxy) is 2. The topological polar surface area (TPSA) is 41.1 Å². The van der Waals surface area contributed by atoms with Gasteiger partial charge >= 0.3 is 0 Å². The molecule has 2 fully saturated rings. The number of pyridine rings is 1. The number of piperazine rings is 1. The van der Waals surface area contributed by atoms with E-state index in [-0.39, 0.29) is 0 Å².